The number of rotatable bonds is 31. The summed E-state index contributed by atoms with van der Waals surface area (Å²) in [7, 11) is 0. The van der Waals surface area contributed by atoms with E-state index in [-0.39, 0.29) is 0 Å². The lowest BCUT2D eigenvalue weighted by atomic mass is 9.88. The Kier molecular flexibility index (Phi) is 21.6. The van der Waals surface area contributed by atoms with Gasteiger partial charge in [-0.25, -0.2) is 4.79 Å². The minimum Gasteiger partial charge on any atom is -0.494 e. The highest BCUT2D eigenvalue weighted by Gasteiger charge is 2.52. The molecule has 343 valence electrons. The standard InChI is InChI=1S/C57H80NO5/c1-5-7-9-11-13-15-17-19-21-23-25-45-61-52-37-29-48(30-38-52)47-27-33-50(34-28-47)56(3)43-44-57(4,58(56)60)51-35-41-54(42-36-51)63-55(59)49-31-39-53(40-32-49)62-46-26-24-22-20-18-16-14-12-10-8-6-2/h27-42H,5-26,43-46H2,1-4H3/t56-,57-/m0/s1. The average molecular weight is 859 g/mol. The van der Waals surface area contributed by atoms with Crippen LogP contribution >= 0.6 is 0 Å². The second-order valence-electron chi connectivity index (χ2n) is 18.7. The minimum atomic E-state index is -0.720. The SMILES string of the molecule is CCCCCCCCCCCCCOc1ccc(C(=O)Oc2ccc([C@]3(C)CC[C@@](C)(c4ccc(-c5ccc(OCCCCCCCCCCCCC)cc5)cc4)N3[O])cc2)cc1. The van der Waals surface area contributed by atoms with Crippen molar-refractivity contribution in [3.8, 4) is 28.4 Å². The number of benzene rings is 4. The molecule has 0 bridgehead atoms. The van der Waals surface area contributed by atoms with E-state index in [1.165, 1.54) is 133 Å². The highest BCUT2D eigenvalue weighted by Crippen LogP contribution is 2.51. The zero-order valence-electron chi connectivity index (χ0n) is 39.6. The van der Waals surface area contributed by atoms with Crippen LogP contribution < -0.4 is 14.2 Å². The van der Waals surface area contributed by atoms with Gasteiger partial charge in [0, 0.05) is 0 Å². The molecule has 0 N–H and O–H groups in total. The van der Waals surface area contributed by atoms with E-state index in [2.05, 4.69) is 62.4 Å². The highest BCUT2D eigenvalue weighted by atomic mass is 16.5. The molecule has 1 fully saturated rings. The molecule has 1 aliphatic heterocycles. The fourth-order valence-corrected chi connectivity index (χ4v) is 9.17. The summed E-state index contributed by atoms with van der Waals surface area (Å²) >= 11 is 0. The first-order valence-electron chi connectivity index (χ1n) is 25.1. The van der Waals surface area contributed by atoms with Crippen LogP contribution in [0.5, 0.6) is 17.2 Å². The van der Waals surface area contributed by atoms with Crippen LogP contribution in [-0.2, 0) is 16.3 Å². The van der Waals surface area contributed by atoms with Gasteiger partial charge in [-0.3, -0.25) is 0 Å². The molecular formula is C57H80NO5. The van der Waals surface area contributed by atoms with Crippen molar-refractivity contribution in [1.82, 2.24) is 5.06 Å². The second-order valence-corrected chi connectivity index (χ2v) is 18.7. The van der Waals surface area contributed by atoms with Crippen LogP contribution in [0.4, 0.5) is 0 Å². The molecule has 4 aromatic carbocycles. The Morgan fingerprint density at radius 1 is 0.444 bits per heavy atom. The van der Waals surface area contributed by atoms with Gasteiger partial charge in [-0.2, -0.15) is 0 Å². The van der Waals surface area contributed by atoms with E-state index in [4.69, 9.17) is 14.2 Å². The number of hydrogen-bond acceptors (Lipinski definition) is 5. The molecule has 63 heavy (non-hydrogen) atoms. The van der Waals surface area contributed by atoms with Crippen LogP contribution in [0.3, 0.4) is 0 Å². The Morgan fingerprint density at radius 2 is 0.762 bits per heavy atom. The van der Waals surface area contributed by atoms with Crippen molar-refractivity contribution in [3.63, 3.8) is 0 Å². The van der Waals surface area contributed by atoms with Gasteiger partial charge >= 0.3 is 5.97 Å². The molecule has 6 heteroatoms. The van der Waals surface area contributed by atoms with Gasteiger partial charge in [0.25, 0.3) is 0 Å². The summed E-state index contributed by atoms with van der Waals surface area (Å²) in [6, 6.07) is 31.4. The number of hydroxylamine groups is 2. The van der Waals surface area contributed by atoms with Crippen LogP contribution in [0, 0.1) is 0 Å². The Labute approximate surface area is 382 Å². The Bertz CT molecular complexity index is 1840. The average Bonchev–Trinajstić information content (AvgIpc) is 3.56. The maximum atomic E-state index is 14.2. The molecule has 1 aliphatic rings. The Morgan fingerprint density at radius 3 is 1.16 bits per heavy atom. The summed E-state index contributed by atoms with van der Waals surface area (Å²) in [5.74, 6) is 1.70. The number of carbonyl (C=O) groups is 1. The van der Waals surface area contributed by atoms with E-state index in [0.29, 0.717) is 24.3 Å². The predicted molar refractivity (Wildman–Crippen MR) is 260 cm³/mol. The highest BCUT2D eigenvalue weighted by molar-refractivity contribution is 5.91. The fraction of sp³-hybridized carbons (Fsp3) is 0.561. The van der Waals surface area contributed by atoms with Gasteiger partial charge in [-0.15, -0.1) is 10.3 Å². The second kappa shape index (κ2) is 27.3. The number of esters is 1. The van der Waals surface area contributed by atoms with Gasteiger partial charge < -0.3 is 14.2 Å². The number of ether oxygens (including phenoxy) is 3. The summed E-state index contributed by atoms with van der Waals surface area (Å²) in [4.78, 5) is 13.0. The molecule has 2 atom stereocenters. The van der Waals surface area contributed by atoms with E-state index in [0.717, 1.165) is 59.6 Å². The van der Waals surface area contributed by atoms with Gasteiger partial charge in [-0.05, 0) is 110 Å². The molecule has 4 aromatic rings. The van der Waals surface area contributed by atoms with Crippen molar-refractivity contribution in [2.45, 2.75) is 193 Å². The van der Waals surface area contributed by atoms with Crippen molar-refractivity contribution in [2.24, 2.45) is 0 Å². The fourth-order valence-electron chi connectivity index (χ4n) is 9.17. The normalized spacial score (nSPS) is 17.5. The predicted octanol–water partition coefficient (Wildman–Crippen LogP) is 16.5. The third-order valence-electron chi connectivity index (χ3n) is 13.5. The van der Waals surface area contributed by atoms with Crippen molar-refractivity contribution >= 4 is 5.97 Å². The molecule has 1 saturated heterocycles. The Hall–Kier alpha value is -4.13. The van der Waals surface area contributed by atoms with Gasteiger partial charge in [-0.1, -0.05) is 191 Å². The zero-order valence-corrected chi connectivity index (χ0v) is 39.6. The summed E-state index contributed by atoms with van der Waals surface area (Å²) in [5, 5.41) is 15.5. The van der Waals surface area contributed by atoms with Crippen molar-refractivity contribution < 1.29 is 24.2 Å². The summed E-state index contributed by atoms with van der Waals surface area (Å²) < 4.78 is 17.7. The molecule has 6 nitrogen and oxygen atoms in total. The first-order chi connectivity index (χ1) is 30.8. The largest absolute Gasteiger partial charge is 0.494 e. The molecule has 5 rings (SSSR count). The van der Waals surface area contributed by atoms with E-state index in [1.807, 2.05) is 38.1 Å². The van der Waals surface area contributed by atoms with Gasteiger partial charge in [0.05, 0.1) is 29.9 Å². The van der Waals surface area contributed by atoms with Crippen molar-refractivity contribution in [3.05, 3.63) is 114 Å². The summed E-state index contributed by atoms with van der Waals surface area (Å²) in [6.45, 7) is 10.1. The smallest absolute Gasteiger partial charge is 0.343 e. The third kappa shape index (κ3) is 15.8. The van der Waals surface area contributed by atoms with Crippen LogP contribution in [0.15, 0.2) is 97.1 Å². The van der Waals surface area contributed by atoms with Crippen LogP contribution in [0.1, 0.15) is 203 Å². The lowest BCUT2D eigenvalue weighted by Gasteiger charge is -2.37. The van der Waals surface area contributed by atoms with Crippen LogP contribution in [0.2, 0.25) is 0 Å². The van der Waals surface area contributed by atoms with E-state index >= 15 is 0 Å². The van der Waals surface area contributed by atoms with E-state index in [9.17, 15) is 10.0 Å². The van der Waals surface area contributed by atoms with Crippen LogP contribution in [-0.4, -0.2) is 24.2 Å². The molecule has 0 amide bonds. The summed E-state index contributed by atoms with van der Waals surface area (Å²) in [5.41, 5.74) is 3.22. The Balaban J connectivity index is 1.01. The molecule has 0 aliphatic carbocycles. The number of carbonyl (C=O) groups excluding carboxylic acids is 1. The molecule has 0 spiro atoms. The quantitative estimate of drug-likeness (QED) is 0.0286. The van der Waals surface area contributed by atoms with Gasteiger partial charge in [0.1, 0.15) is 17.2 Å². The molecule has 0 saturated carbocycles. The van der Waals surface area contributed by atoms with Crippen molar-refractivity contribution in [1.29, 1.82) is 0 Å². The molecular weight excluding hydrogens is 779 g/mol. The summed E-state index contributed by atoms with van der Waals surface area (Å²) in [6.07, 6.45) is 30.4. The lowest BCUT2D eigenvalue weighted by Crippen LogP contribution is -2.44. The first kappa shape index (κ1) is 49.9. The zero-order chi connectivity index (χ0) is 44.6. The number of unbranched alkanes of at least 4 members (excludes halogenated alkanes) is 20. The van der Waals surface area contributed by atoms with E-state index < -0.39 is 17.0 Å². The maximum Gasteiger partial charge on any atom is 0.343 e. The minimum absolute atomic E-state index is 0.424. The first-order valence-corrected chi connectivity index (χ1v) is 25.1. The van der Waals surface area contributed by atoms with E-state index in [1.54, 1.807) is 24.3 Å². The molecule has 1 radical (unpaired) electrons. The third-order valence-corrected chi connectivity index (χ3v) is 13.5. The van der Waals surface area contributed by atoms with Gasteiger partial charge in [0.2, 0.25) is 0 Å². The topological polar surface area (TPSA) is 67.9 Å². The maximum absolute atomic E-state index is 14.2. The number of nitrogens with zero attached hydrogens (tertiary/aromatic N) is 1. The monoisotopic (exact) mass is 859 g/mol. The van der Waals surface area contributed by atoms with Crippen LogP contribution in [0.25, 0.3) is 11.1 Å². The van der Waals surface area contributed by atoms with Gasteiger partial charge in [0.15, 0.2) is 0 Å². The van der Waals surface area contributed by atoms with Crippen molar-refractivity contribution in [2.75, 3.05) is 13.2 Å². The molecule has 1 heterocycles. The molecule has 0 aromatic heterocycles. The molecule has 0 unspecified atom stereocenters. The lowest BCUT2D eigenvalue weighted by molar-refractivity contribution is -0.260. The number of hydrogen-bond donors (Lipinski definition) is 0.